The number of allylic oxidation sites excluding steroid dienone is 2. The van der Waals surface area contributed by atoms with E-state index in [-0.39, 0.29) is 50.1 Å². The van der Waals surface area contributed by atoms with Crippen LogP contribution in [0, 0.1) is 27.1 Å². The number of H-pyrrole nitrogens is 1. The van der Waals surface area contributed by atoms with Crippen LogP contribution in [0.15, 0.2) is 57.0 Å². The van der Waals surface area contributed by atoms with Crippen molar-refractivity contribution in [1.29, 1.82) is 0 Å². The van der Waals surface area contributed by atoms with Gasteiger partial charge >= 0.3 is 0 Å². The normalized spacial score (nSPS) is 16.0. The van der Waals surface area contributed by atoms with Crippen LogP contribution in [0.25, 0.3) is 0 Å². The number of aliphatic imine (C=N–C) groups is 2. The first-order valence-electron chi connectivity index (χ1n) is 19.8. The van der Waals surface area contributed by atoms with Gasteiger partial charge in [0.25, 0.3) is 0 Å². The van der Waals surface area contributed by atoms with Crippen LogP contribution in [0.2, 0.25) is 0 Å². The lowest BCUT2D eigenvalue weighted by Crippen LogP contribution is -2.45. The number of rotatable bonds is 0. The Kier molecular flexibility index (Phi) is 19.7. The molecule has 322 valence electrons. The van der Waals surface area contributed by atoms with Crippen molar-refractivity contribution in [2.24, 2.45) is 37.1 Å². The highest BCUT2D eigenvalue weighted by molar-refractivity contribution is 6.03. The molecule has 0 aromatic carbocycles. The molecule has 0 bridgehead atoms. The van der Waals surface area contributed by atoms with Gasteiger partial charge in [0.05, 0.1) is 11.1 Å². The van der Waals surface area contributed by atoms with Gasteiger partial charge in [-0.25, -0.2) is 0 Å². The predicted octanol–water partition coefficient (Wildman–Crippen LogP) is 9.85. The lowest BCUT2D eigenvalue weighted by atomic mass is 9.86. The van der Waals surface area contributed by atoms with Crippen LogP contribution in [0.3, 0.4) is 0 Å². The van der Waals surface area contributed by atoms with Gasteiger partial charge in [-0.15, -0.1) is 0 Å². The van der Waals surface area contributed by atoms with E-state index in [0.717, 1.165) is 17.2 Å². The molecule has 5 N–H and O–H groups in total. The Morgan fingerprint density at radius 1 is 0.589 bits per heavy atom. The predicted molar refractivity (Wildman–Crippen MR) is 240 cm³/mol. The highest BCUT2D eigenvalue weighted by atomic mass is 16.3. The van der Waals surface area contributed by atoms with Crippen LogP contribution >= 0.6 is 0 Å². The summed E-state index contributed by atoms with van der Waals surface area (Å²) in [6.45, 7) is 48.7. The minimum Gasteiger partial charge on any atom is -0.370 e. The van der Waals surface area contributed by atoms with Crippen molar-refractivity contribution in [3.8, 4) is 0 Å². The van der Waals surface area contributed by atoms with Crippen LogP contribution in [-0.2, 0) is 15.0 Å². The van der Waals surface area contributed by atoms with Crippen LogP contribution in [-0.4, -0.2) is 50.9 Å². The second-order valence-electron chi connectivity index (χ2n) is 22.7. The summed E-state index contributed by atoms with van der Waals surface area (Å²) >= 11 is 0. The lowest BCUT2D eigenvalue weighted by molar-refractivity contribution is -0.127. The van der Waals surface area contributed by atoms with Crippen molar-refractivity contribution in [2.75, 3.05) is 0 Å². The second kappa shape index (κ2) is 20.2. The third kappa shape index (κ3) is 24.9. The number of aromatic amines is 1. The topological polar surface area (TPSA) is 148 Å². The zero-order valence-electron chi connectivity index (χ0n) is 40.1. The molecular formula is C46H84N6O4. The molecule has 2 amide bonds. The minimum atomic E-state index is -0.513. The summed E-state index contributed by atoms with van der Waals surface area (Å²) in [5, 5.41) is 17.8. The van der Waals surface area contributed by atoms with Crippen LogP contribution in [0.1, 0.15) is 172 Å². The van der Waals surface area contributed by atoms with Crippen LogP contribution < -0.4 is 21.5 Å². The molecule has 0 saturated heterocycles. The molecule has 1 unspecified atom stereocenters. The molecule has 0 fully saturated rings. The molecule has 0 saturated carbocycles. The molecule has 1 aliphatic heterocycles. The largest absolute Gasteiger partial charge is 0.370 e. The van der Waals surface area contributed by atoms with E-state index in [0.29, 0.717) is 0 Å². The van der Waals surface area contributed by atoms with E-state index < -0.39 is 17.1 Å². The van der Waals surface area contributed by atoms with E-state index in [1.807, 2.05) is 101 Å². The van der Waals surface area contributed by atoms with Crippen LogP contribution in [0.4, 0.5) is 0 Å². The molecule has 1 atom stereocenters. The SMILES string of the molecule is CC(C)(C)C1=CNC(O)C=C1.CC(C)(C)N=C(NC(=O)C(C)(C)C)C(C)(C)C.CC(C)(C)N=C(NC(=O)C(C)(C)C)C(C)(C)C.CC(C)(C)c1ccc(=O)[nH]c1. The van der Waals surface area contributed by atoms with E-state index >= 15 is 0 Å². The Morgan fingerprint density at radius 2 is 0.964 bits per heavy atom. The van der Waals surface area contributed by atoms with Gasteiger partial charge in [-0.1, -0.05) is 137 Å². The maximum atomic E-state index is 12.0. The summed E-state index contributed by atoms with van der Waals surface area (Å²) < 4.78 is 0. The van der Waals surface area contributed by atoms with E-state index in [4.69, 9.17) is 5.11 Å². The number of dihydropyridines is 1. The van der Waals surface area contributed by atoms with Crippen molar-refractivity contribution < 1.29 is 14.7 Å². The quantitative estimate of drug-likeness (QED) is 0.131. The molecule has 56 heavy (non-hydrogen) atoms. The van der Waals surface area contributed by atoms with E-state index in [1.54, 1.807) is 18.3 Å². The Hall–Kier alpha value is -3.53. The zero-order valence-corrected chi connectivity index (χ0v) is 40.1. The summed E-state index contributed by atoms with van der Waals surface area (Å²) in [6, 6.07) is 3.42. The molecule has 0 spiro atoms. The maximum Gasteiger partial charge on any atom is 0.247 e. The second-order valence-corrected chi connectivity index (χ2v) is 22.7. The number of aliphatic hydroxyl groups excluding tert-OH is 1. The van der Waals surface area contributed by atoms with Gasteiger partial charge in [0.2, 0.25) is 17.4 Å². The maximum absolute atomic E-state index is 12.0. The summed E-state index contributed by atoms with van der Waals surface area (Å²) in [6.07, 6.45) is 6.83. The number of hydrogen-bond donors (Lipinski definition) is 5. The highest BCUT2D eigenvalue weighted by Crippen LogP contribution is 2.27. The fraction of sp³-hybridized carbons (Fsp3) is 0.717. The zero-order chi connectivity index (χ0) is 45.1. The van der Waals surface area contributed by atoms with E-state index in [2.05, 4.69) is 114 Å². The number of pyridine rings is 1. The molecule has 10 heteroatoms. The van der Waals surface area contributed by atoms with Crippen molar-refractivity contribution >= 4 is 23.5 Å². The lowest BCUT2D eigenvalue weighted by Gasteiger charge is -2.28. The van der Waals surface area contributed by atoms with Crippen molar-refractivity contribution in [3.05, 3.63) is 58.2 Å². The fourth-order valence-corrected chi connectivity index (χ4v) is 3.84. The number of amidine groups is 2. The Morgan fingerprint density at radius 3 is 1.18 bits per heavy atom. The summed E-state index contributed by atoms with van der Waals surface area (Å²) in [7, 11) is 0. The fourth-order valence-electron chi connectivity index (χ4n) is 3.84. The smallest absolute Gasteiger partial charge is 0.247 e. The van der Waals surface area contributed by atoms with Crippen LogP contribution in [0.5, 0.6) is 0 Å². The van der Waals surface area contributed by atoms with Crippen molar-refractivity contribution in [2.45, 2.75) is 189 Å². The summed E-state index contributed by atoms with van der Waals surface area (Å²) in [4.78, 5) is 46.6. The molecule has 10 nitrogen and oxygen atoms in total. The Labute approximate surface area is 342 Å². The first-order chi connectivity index (χ1) is 24.5. The first-order valence-corrected chi connectivity index (χ1v) is 19.8. The standard InChI is InChI=1S/2C14H28N2O.C9H15NO.C9H13NO/c2*1-12(2,3)10(16-14(7,8)9)15-11(17)13(4,5)6;2*1-9(2,3)7-4-5-8(11)10-6-7/h2*1-9H3,(H,15,16,17);4-6,8,10-11H,1-3H3;4-6H,1-3H3,(H,10,11). The van der Waals surface area contributed by atoms with E-state index in [1.165, 1.54) is 5.57 Å². The molecule has 1 aromatic heterocycles. The van der Waals surface area contributed by atoms with Gasteiger partial charge < -0.3 is 26.0 Å². The van der Waals surface area contributed by atoms with Gasteiger partial charge in [-0.3, -0.25) is 24.4 Å². The van der Waals surface area contributed by atoms with Crippen molar-refractivity contribution in [1.82, 2.24) is 20.9 Å². The molecule has 0 radical (unpaired) electrons. The molecule has 2 heterocycles. The average Bonchev–Trinajstić information content (AvgIpc) is 2.93. The monoisotopic (exact) mass is 785 g/mol. The number of aromatic nitrogens is 1. The van der Waals surface area contributed by atoms with Gasteiger partial charge in [0, 0.05) is 40.1 Å². The number of nitrogens with one attached hydrogen (secondary N) is 4. The van der Waals surface area contributed by atoms with Gasteiger partial charge in [-0.05, 0) is 69.6 Å². The highest BCUT2D eigenvalue weighted by Gasteiger charge is 2.30. The number of nitrogens with zero attached hydrogens (tertiary/aromatic N) is 2. The van der Waals surface area contributed by atoms with Crippen molar-refractivity contribution in [3.63, 3.8) is 0 Å². The van der Waals surface area contributed by atoms with Gasteiger partial charge in [-0.2, -0.15) is 0 Å². The van der Waals surface area contributed by atoms with E-state index in [9.17, 15) is 14.4 Å². The minimum absolute atomic E-state index is 0.00965. The third-order valence-electron chi connectivity index (χ3n) is 7.53. The number of aliphatic hydroxyl groups is 1. The molecule has 2 rings (SSSR count). The molecule has 0 aliphatic carbocycles. The third-order valence-corrected chi connectivity index (χ3v) is 7.53. The summed E-state index contributed by atoms with van der Waals surface area (Å²) in [5.41, 5.74) is 1.10. The first kappa shape index (κ1) is 54.6. The number of hydrogen-bond acceptors (Lipinski definition) is 7. The molecule has 1 aliphatic rings. The molecule has 1 aromatic rings. The molecular weight excluding hydrogens is 701 g/mol. The number of carbonyl (C=O) groups excluding carboxylic acids is 2. The van der Waals surface area contributed by atoms with Gasteiger partial charge in [0.15, 0.2) is 0 Å². The number of amides is 2. The number of carbonyl (C=O) groups is 2. The Bertz CT molecular complexity index is 1500. The Balaban J connectivity index is 0. The summed E-state index contributed by atoms with van der Waals surface area (Å²) in [5.74, 6) is 1.53. The van der Waals surface area contributed by atoms with Gasteiger partial charge in [0.1, 0.15) is 17.9 Å². The average molecular weight is 785 g/mol.